The van der Waals surface area contributed by atoms with E-state index >= 15 is 0 Å². The third-order valence-corrected chi connectivity index (χ3v) is 6.67. The Morgan fingerprint density at radius 2 is 2.15 bits per heavy atom. The van der Waals surface area contributed by atoms with E-state index in [-0.39, 0.29) is 16.5 Å². The monoisotopic (exact) mass is 315 g/mol. The van der Waals surface area contributed by atoms with Crippen molar-refractivity contribution in [3.8, 4) is 0 Å². The summed E-state index contributed by atoms with van der Waals surface area (Å²) in [5.74, 6) is 0.404. The van der Waals surface area contributed by atoms with Crippen molar-refractivity contribution in [1.29, 1.82) is 0 Å². The number of carbonyl (C=O) groups is 1. The van der Waals surface area contributed by atoms with E-state index in [1.807, 2.05) is 6.92 Å². The summed E-state index contributed by atoms with van der Waals surface area (Å²) >= 11 is 1.73. The van der Waals surface area contributed by atoms with Crippen molar-refractivity contribution in [2.45, 2.75) is 24.8 Å². The zero-order valence-electron chi connectivity index (χ0n) is 11.4. The molecule has 1 unspecified atom stereocenters. The van der Waals surface area contributed by atoms with Gasteiger partial charge in [0.05, 0.1) is 10.5 Å². The number of hydrogen-bond donors (Lipinski definition) is 1. The van der Waals surface area contributed by atoms with Crippen molar-refractivity contribution in [2.75, 3.05) is 18.1 Å². The third-order valence-electron chi connectivity index (χ3n) is 3.33. The van der Waals surface area contributed by atoms with Gasteiger partial charge in [0.2, 0.25) is 10.0 Å². The SMILES string of the molecule is Cc1ccc(C(=O)O)cc1S(=O)(=O)N1CCSCC1C. The fourth-order valence-electron chi connectivity index (χ4n) is 2.21. The molecule has 1 saturated heterocycles. The van der Waals surface area contributed by atoms with Crippen LogP contribution in [0.25, 0.3) is 0 Å². The van der Waals surface area contributed by atoms with Gasteiger partial charge in [-0.2, -0.15) is 16.1 Å². The molecule has 7 heteroatoms. The summed E-state index contributed by atoms with van der Waals surface area (Å²) in [5, 5.41) is 9.02. The van der Waals surface area contributed by atoms with Gasteiger partial charge >= 0.3 is 5.97 Å². The number of rotatable bonds is 3. The molecule has 20 heavy (non-hydrogen) atoms. The molecular formula is C13H17NO4S2. The second-order valence-corrected chi connectivity index (χ2v) is 7.83. The minimum Gasteiger partial charge on any atom is -0.478 e. The van der Waals surface area contributed by atoms with Crippen LogP contribution in [0.2, 0.25) is 0 Å². The summed E-state index contributed by atoms with van der Waals surface area (Å²) < 4.78 is 26.9. The van der Waals surface area contributed by atoms with Gasteiger partial charge in [0.25, 0.3) is 0 Å². The topological polar surface area (TPSA) is 74.7 Å². The largest absolute Gasteiger partial charge is 0.478 e. The normalized spacial score (nSPS) is 20.8. The van der Waals surface area contributed by atoms with Gasteiger partial charge < -0.3 is 5.11 Å². The quantitative estimate of drug-likeness (QED) is 0.921. The van der Waals surface area contributed by atoms with Crippen LogP contribution in [-0.2, 0) is 10.0 Å². The standard InChI is InChI=1S/C13H17NO4S2/c1-9-3-4-11(13(15)16)7-12(9)20(17,18)14-5-6-19-8-10(14)2/h3-4,7,10H,5-6,8H2,1-2H3,(H,15,16). The molecule has 2 rings (SSSR count). The number of nitrogens with zero attached hydrogens (tertiary/aromatic N) is 1. The van der Waals surface area contributed by atoms with Gasteiger partial charge in [0, 0.05) is 24.1 Å². The summed E-state index contributed by atoms with van der Waals surface area (Å²) in [7, 11) is -3.64. The van der Waals surface area contributed by atoms with Crippen molar-refractivity contribution in [2.24, 2.45) is 0 Å². The maximum Gasteiger partial charge on any atom is 0.335 e. The first-order valence-electron chi connectivity index (χ1n) is 6.27. The first-order chi connectivity index (χ1) is 9.34. The highest BCUT2D eigenvalue weighted by molar-refractivity contribution is 7.99. The second-order valence-electron chi connectivity index (χ2n) is 4.83. The molecule has 1 aliphatic rings. The first kappa shape index (κ1) is 15.3. The minimum absolute atomic E-state index is 0.00628. The number of carboxylic acid groups (broad SMARTS) is 1. The molecule has 0 spiro atoms. The number of hydrogen-bond acceptors (Lipinski definition) is 4. The van der Waals surface area contributed by atoms with Crippen LogP contribution >= 0.6 is 11.8 Å². The number of thioether (sulfide) groups is 1. The van der Waals surface area contributed by atoms with E-state index in [1.54, 1.807) is 24.8 Å². The maximum absolute atomic E-state index is 12.7. The zero-order valence-corrected chi connectivity index (χ0v) is 13.0. The summed E-state index contributed by atoms with van der Waals surface area (Å²) in [6, 6.07) is 4.14. The Hall–Kier alpha value is -1.05. The molecule has 1 N–H and O–H groups in total. The lowest BCUT2D eigenvalue weighted by atomic mass is 10.1. The molecule has 1 aromatic rings. The van der Waals surface area contributed by atoms with Crippen LogP contribution in [0.1, 0.15) is 22.8 Å². The Kier molecular flexibility index (Phi) is 4.41. The van der Waals surface area contributed by atoms with Gasteiger partial charge in [-0.05, 0) is 31.5 Å². The van der Waals surface area contributed by atoms with Gasteiger partial charge in [-0.1, -0.05) is 6.07 Å². The van der Waals surface area contributed by atoms with E-state index in [9.17, 15) is 13.2 Å². The molecule has 5 nitrogen and oxygen atoms in total. The van der Waals surface area contributed by atoms with E-state index in [0.717, 1.165) is 11.5 Å². The molecule has 1 aliphatic heterocycles. The lowest BCUT2D eigenvalue weighted by Crippen LogP contribution is -2.44. The van der Waals surface area contributed by atoms with Crippen LogP contribution in [0.4, 0.5) is 0 Å². The molecule has 0 bridgehead atoms. The van der Waals surface area contributed by atoms with E-state index in [1.165, 1.54) is 16.4 Å². The van der Waals surface area contributed by atoms with Gasteiger partial charge in [-0.15, -0.1) is 0 Å². The van der Waals surface area contributed by atoms with Crippen LogP contribution in [0, 0.1) is 6.92 Å². The van der Waals surface area contributed by atoms with E-state index in [4.69, 9.17) is 5.11 Å². The maximum atomic E-state index is 12.7. The Balaban J connectivity index is 2.48. The summed E-state index contributed by atoms with van der Waals surface area (Å²) in [6.45, 7) is 4.02. The van der Waals surface area contributed by atoms with Crippen molar-refractivity contribution in [1.82, 2.24) is 4.31 Å². The number of benzene rings is 1. The predicted molar refractivity (Wildman–Crippen MR) is 78.8 cm³/mol. The Bertz CT molecular complexity index is 627. The highest BCUT2D eigenvalue weighted by Crippen LogP contribution is 2.27. The third kappa shape index (κ3) is 2.84. The fraction of sp³-hybridized carbons (Fsp3) is 0.462. The summed E-state index contributed by atoms with van der Waals surface area (Å²) in [6.07, 6.45) is 0. The number of sulfonamides is 1. The van der Waals surface area contributed by atoms with E-state index < -0.39 is 16.0 Å². The van der Waals surface area contributed by atoms with Gasteiger partial charge in [0.1, 0.15) is 0 Å². The van der Waals surface area contributed by atoms with Crippen molar-refractivity contribution in [3.05, 3.63) is 29.3 Å². The van der Waals surface area contributed by atoms with Gasteiger partial charge in [0.15, 0.2) is 0 Å². The van der Waals surface area contributed by atoms with E-state index in [0.29, 0.717) is 12.1 Å². The Morgan fingerprint density at radius 3 is 2.75 bits per heavy atom. The Morgan fingerprint density at radius 1 is 1.45 bits per heavy atom. The predicted octanol–water partition coefficient (Wildman–Crippen LogP) is 1.82. The molecule has 1 heterocycles. The average molecular weight is 315 g/mol. The number of aromatic carboxylic acids is 1. The number of aryl methyl sites for hydroxylation is 1. The van der Waals surface area contributed by atoms with Crippen LogP contribution in [-0.4, -0.2) is 47.9 Å². The van der Waals surface area contributed by atoms with Crippen molar-refractivity contribution < 1.29 is 18.3 Å². The van der Waals surface area contributed by atoms with Crippen molar-refractivity contribution in [3.63, 3.8) is 0 Å². The summed E-state index contributed by atoms with van der Waals surface area (Å²) in [5.41, 5.74) is 0.564. The molecule has 1 atom stereocenters. The van der Waals surface area contributed by atoms with Crippen LogP contribution < -0.4 is 0 Å². The van der Waals surface area contributed by atoms with Crippen LogP contribution in [0.5, 0.6) is 0 Å². The molecule has 110 valence electrons. The fourth-order valence-corrected chi connectivity index (χ4v) is 5.31. The molecule has 0 saturated carbocycles. The molecule has 1 aromatic carbocycles. The molecule has 0 aliphatic carbocycles. The summed E-state index contributed by atoms with van der Waals surface area (Å²) in [4.78, 5) is 11.1. The molecular weight excluding hydrogens is 298 g/mol. The molecule has 0 amide bonds. The lowest BCUT2D eigenvalue weighted by Gasteiger charge is -2.32. The van der Waals surface area contributed by atoms with Gasteiger partial charge in [-0.25, -0.2) is 13.2 Å². The highest BCUT2D eigenvalue weighted by atomic mass is 32.2. The average Bonchev–Trinajstić information content (AvgIpc) is 2.39. The van der Waals surface area contributed by atoms with Crippen molar-refractivity contribution >= 4 is 27.8 Å². The van der Waals surface area contributed by atoms with Crippen LogP contribution in [0.15, 0.2) is 23.1 Å². The minimum atomic E-state index is -3.64. The zero-order chi connectivity index (χ0) is 14.9. The first-order valence-corrected chi connectivity index (χ1v) is 8.87. The highest BCUT2D eigenvalue weighted by Gasteiger charge is 2.32. The molecule has 0 aromatic heterocycles. The second kappa shape index (κ2) is 5.75. The Labute approximate surface area is 123 Å². The van der Waals surface area contributed by atoms with Gasteiger partial charge in [-0.3, -0.25) is 0 Å². The number of carboxylic acids is 1. The lowest BCUT2D eigenvalue weighted by molar-refractivity contribution is 0.0696. The molecule has 0 radical (unpaired) electrons. The van der Waals surface area contributed by atoms with Crippen LogP contribution in [0.3, 0.4) is 0 Å². The van der Waals surface area contributed by atoms with E-state index in [2.05, 4.69) is 0 Å². The molecule has 1 fully saturated rings. The smallest absolute Gasteiger partial charge is 0.335 e.